The largest absolute Gasteiger partial charge is 0.271 e. The fourth-order valence-electron chi connectivity index (χ4n) is 1.67. The summed E-state index contributed by atoms with van der Waals surface area (Å²) >= 11 is 0. The average molecular weight is 204 g/mol. The minimum atomic E-state index is 0.179. The summed E-state index contributed by atoms with van der Waals surface area (Å²) in [6.07, 6.45) is 5.06. The number of nitrogens with two attached hydrogens (primary N) is 1. The Balaban J connectivity index is 2.72. The second-order valence-electron chi connectivity index (χ2n) is 3.74. The molecule has 0 saturated carbocycles. The van der Waals surface area contributed by atoms with Crippen LogP contribution in [0.4, 0.5) is 0 Å². The Morgan fingerprint density at radius 3 is 2.53 bits per heavy atom. The van der Waals surface area contributed by atoms with Gasteiger partial charge in [-0.3, -0.25) is 11.3 Å². The highest BCUT2D eigenvalue weighted by Gasteiger charge is 2.06. The van der Waals surface area contributed by atoms with Gasteiger partial charge in [-0.1, -0.05) is 43.7 Å². The highest BCUT2D eigenvalue weighted by Crippen LogP contribution is 2.17. The molecule has 2 nitrogen and oxygen atoms in total. The normalized spacial score (nSPS) is 12.4. The van der Waals surface area contributed by atoms with Crippen molar-refractivity contribution in [1.29, 1.82) is 0 Å². The van der Waals surface area contributed by atoms with Crippen LogP contribution in [0.25, 0.3) is 0 Å². The monoisotopic (exact) mass is 204 g/mol. The van der Waals surface area contributed by atoms with Crippen molar-refractivity contribution in [2.75, 3.05) is 0 Å². The number of rotatable bonds is 6. The van der Waals surface area contributed by atoms with E-state index in [1.165, 1.54) is 17.5 Å². The van der Waals surface area contributed by atoms with Crippen molar-refractivity contribution in [3.05, 3.63) is 48.0 Å². The van der Waals surface area contributed by atoms with E-state index in [2.05, 4.69) is 43.2 Å². The first-order chi connectivity index (χ1) is 7.31. The minimum Gasteiger partial charge on any atom is -0.271 e. The van der Waals surface area contributed by atoms with Gasteiger partial charge in [-0.05, 0) is 24.0 Å². The molecular formula is C13H20N2. The maximum atomic E-state index is 5.49. The fraction of sp³-hybridized carbons (Fsp3) is 0.385. The lowest BCUT2D eigenvalue weighted by Crippen LogP contribution is -2.27. The molecule has 0 saturated heterocycles. The summed E-state index contributed by atoms with van der Waals surface area (Å²) in [5.74, 6) is 5.49. The van der Waals surface area contributed by atoms with Crippen LogP contribution in [-0.4, -0.2) is 0 Å². The molecule has 0 aliphatic carbocycles. The van der Waals surface area contributed by atoms with Crippen molar-refractivity contribution in [1.82, 2.24) is 5.43 Å². The predicted octanol–water partition coefficient (Wildman–Crippen LogP) is 2.72. The van der Waals surface area contributed by atoms with Gasteiger partial charge in [0.15, 0.2) is 0 Å². The van der Waals surface area contributed by atoms with Crippen molar-refractivity contribution in [3.8, 4) is 0 Å². The topological polar surface area (TPSA) is 38.0 Å². The first-order valence-electron chi connectivity index (χ1n) is 5.47. The molecule has 1 rings (SSSR count). The highest BCUT2D eigenvalue weighted by molar-refractivity contribution is 5.25. The zero-order valence-electron chi connectivity index (χ0n) is 9.37. The number of aryl methyl sites for hydroxylation is 1. The van der Waals surface area contributed by atoms with Crippen LogP contribution in [-0.2, 0) is 6.42 Å². The Hall–Kier alpha value is -1.12. The van der Waals surface area contributed by atoms with E-state index >= 15 is 0 Å². The van der Waals surface area contributed by atoms with Gasteiger partial charge in [0.05, 0.1) is 0 Å². The summed E-state index contributed by atoms with van der Waals surface area (Å²) < 4.78 is 0. The third kappa shape index (κ3) is 3.50. The van der Waals surface area contributed by atoms with Gasteiger partial charge in [-0.2, -0.15) is 0 Å². The van der Waals surface area contributed by atoms with Crippen LogP contribution in [0.1, 0.15) is 36.9 Å². The summed E-state index contributed by atoms with van der Waals surface area (Å²) in [6.45, 7) is 5.92. The number of hydrogen-bond donors (Lipinski definition) is 2. The van der Waals surface area contributed by atoms with E-state index in [1.807, 2.05) is 6.08 Å². The zero-order chi connectivity index (χ0) is 11.1. The lowest BCUT2D eigenvalue weighted by Gasteiger charge is -2.14. The summed E-state index contributed by atoms with van der Waals surface area (Å²) in [6, 6.07) is 8.80. The Bertz CT molecular complexity index is 290. The Labute approximate surface area is 92.2 Å². The van der Waals surface area contributed by atoms with E-state index in [9.17, 15) is 0 Å². The van der Waals surface area contributed by atoms with Gasteiger partial charge >= 0.3 is 0 Å². The molecule has 1 aromatic carbocycles. The zero-order valence-corrected chi connectivity index (χ0v) is 9.37. The molecule has 1 unspecified atom stereocenters. The summed E-state index contributed by atoms with van der Waals surface area (Å²) in [4.78, 5) is 0. The number of hydrazine groups is 1. The molecule has 82 valence electrons. The van der Waals surface area contributed by atoms with Crippen LogP contribution in [0, 0.1) is 0 Å². The molecular weight excluding hydrogens is 184 g/mol. The van der Waals surface area contributed by atoms with Crippen molar-refractivity contribution >= 4 is 0 Å². The second kappa shape index (κ2) is 6.38. The van der Waals surface area contributed by atoms with Gasteiger partial charge < -0.3 is 0 Å². The van der Waals surface area contributed by atoms with E-state index < -0.39 is 0 Å². The molecule has 1 atom stereocenters. The lowest BCUT2D eigenvalue weighted by molar-refractivity contribution is 0.561. The molecule has 0 fully saturated rings. The van der Waals surface area contributed by atoms with Crippen LogP contribution >= 0.6 is 0 Å². The van der Waals surface area contributed by atoms with Crippen molar-refractivity contribution in [2.45, 2.75) is 32.2 Å². The van der Waals surface area contributed by atoms with Crippen LogP contribution < -0.4 is 11.3 Å². The standard InChI is InChI=1S/C13H20N2/c1-3-5-11-7-9-12(10-8-11)13(15-14)6-4-2/h4,7-10,13,15H,2-3,5-6,14H2,1H3. The summed E-state index contributed by atoms with van der Waals surface area (Å²) in [5.41, 5.74) is 5.40. The molecule has 0 aliphatic rings. The predicted molar refractivity (Wildman–Crippen MR) is 65.3 cm³/mol. The molecule has 1 aromatic rings. The van der Waals surface area contributed by atoms with E-state index in [4.69, 9.17) is 5.84 Å². The van der Waals surface area contributed by atoms with Crippen molar-refractivity contribution in [3.63, 3.8) is 0 Å². The SMILES string of the molecule is C=CCC(NN)c1ccc(CCC)cc1. The van der Waals surface area contributed by atoms with Gasteiger partial charge in [-0.25, -0.2) is 0 Å². The van der Waals surface area contributed by atoms with Gasteiger partial charge in [-0.15, -0.1) is 6.58 Å². The van der Waals surface area contributed by atoms with Crippen LogP contribution in [0.2, 0.25) is 0 Å². The molecule has 0 spiro atoms. The van der Waals surface area contributed by atoms with Gasteiger partial charge in [0.25, 0.3) is 0 Å². The van der Waals surface area contributed by atoms with Gasteiger partial charge in [0.2, 0.25) is 0 Å². The molecule has 0 aliphatic heterocycles. The number of benzene rings is 1. The van der Waals surface area contributed by atoms with E-state index in [1.54, 1.807) is 0 Å². The van der Waals surface area contributed by atoms with E-state index in [0.29, 0.717) is 0 Å². The molecule has 0 aromatic heterocycles. The average Bonchev–Trinajstić information content (AvgIpc) is 2.28. The Morgan fingerprint density at radius 2 is 2.07 bits per heavy atom. The third-order valence-electron chi connectivity index (χ3n) is 2.52. The van der Waals surface area contributed by atoms with Gasteiger partial charge in [0.1, 0.15) is 0 Å². The molecule has 2 heteroatoms. The summed E-state index contributed by atoms with van der Waals surface area (Å²) in [7, 11) is 0. The van der Waals surface area contributed by atoms with Crippen LogP contribution in [0.15, 0.2) is 36.9 Å². The Morgan fingerprint density at radius 1 is 1.40 bits per heavy atom. The smallest absolute Gasteiger partial charge is 0.0494 e. The summed E-state index contributed by atoms with van der Waals surface area (Å²) in [5, 5.41) is 0. The number of nitrogens with one attached hydrogen (secondary N) is 1. The van der Waals surface area contributed by atoms with Crippen molar-refractivity contribution in [2.24, 2.45) is 5.84 Å². The Kier molecular flexibility index (Phi) is 5.08. The second-order valence-corrected chi connectivity index (χ2v) is 3.74. The quantitative estimate of drug-likeness (QED) is 0.425. The molecule has 15 heavy (non-hydrogen) atoms. The third-order valence-corrected chi connectivity index (χ3v) is 2.52. The molecule has 0 bridgehead atoms. The molecule has 0 radical (unpaired) electrons. The first-order valence-corrected chi connectivity index (χ1v) is 5.47. The van der Waals surface area contributed by atoms with Gasteiger partial charge in [0, 0.05) is 6.04 Å². The van der Waals surface area contributed by atoms with Crippen LogP contribution in [0.3, 0.4) is 0 Å². The first kappa shape index (κ1) is 12.0. The maximum Gasteiger partial charge on any atom is 0.0494 e. The number of hydrogen-bond acceptors (Lipinski definition) is 2. The molecule has 3 N–H and O–H groups in total. The van der Waals surface area contributed by atoms with Crippen molar-refractivity contribution < 1.29 is 0 Å². The highest BCUT2D eigenvalue weighted by atomic mass is 15.2. The maximum absolute atomic E-state index is 5.49. The minimum absolute atomic E-state index is 0.179. The lowest BCUT2D eigenvalue weighted by atomic mass is 10.0. The molecule has 0 amide bonds. The molecule has 0 heterocycles. The van der Waals surface area contributed by atoms with E-state index in [0.717, 1.165) is 12.8 Å². The van der Waals surface area contributed by atoms with E-state index in [-0.39, 0.29) is 6.04 Å². The fourth-order valence-corrected chi connectivity index (χ4v) is 1.67. The van der Waals surface area contributed by atoms with Crippen LogP contribution in [0.5, 0.6) is 0 Å².